The van der Waals surface area contributed by atoms with Gasteiger partial charge in [-0.1, -0.05) is 27.5 Å². The normalized spacial score (nSPS) is 15.3. The van der Waals surface area contributed by atoms with Crippen molar-refractivity contribution >= 4 is 50.5 Å². The highest BCUT2D eigenvalue weighted by molar-refractivity contribution is 9.10. The molecule has 0 saturated heterocycles. The van der Waals surface area contributed by atoms with Gasteiger partial charge in [0, 0.05) is 15.1 Å². The lowest BCUT2D eigenvalue weighted by Crippen LogP contribution is -2.14. The smallest absolute Gasteiger partial charge is 0.275 e. The van der Waals surface area contributed by atoms with Crippen molar-refractivity contribution < 1.29 is 4.79 Å². The van der Waals surface area contributed by atoms with Crippen LogP contribution in [0.4, 0.5) is 11.4 Å². The summed E-state index contributed by atoms with van der Waals surface area (Å²) >= 11 is 9.40. The van der Waals surface area contributed by atoms with E-state index in [2.05, 4.69) is 26.2 Å². The van der Waals surface area contributed by atoms with Gasteiger partial charge in [-0.05, 0) is 48.9 Å². The summed E-state index contributed by atoms with van der Waals surface area (Å²) in [5.41, 5.74) is 3.65. The maximum Gasteiger partial charge on any atom is 0.275 e. The zero-order valence-electron chi connectivity index (χ0n) is 10.6. The number of anilines is 1. The molecule has 1 N–H and O–H groups in total. The minimum Gasteiger partial charge on any atom is -0.320 e. The SMILES string of the molecule is Cc1cc(Br)ccc1N=C1C(=O)Nc2ccc(Cl)cc21. The molecule has 1 heterocycles. The molecule has 3 nitrogen and oxygen atoms in total. The van der Waals surface area contributed by atoms with E-state index >= 15 is 0 Å². The Kier molecular flexibility index (Phi) is 3.36. The monoisotopic (exact) mass is 348 g/mol. The molecule has 0 atom stereocenters. The molecule has 0 bridgehead atoms. The molecule has 100 valence electrons. The van der Waals surface area contributed by atoms with E-state index in [1.54, 1.807) is 18.2 Å². The molecule has 20 heavy (non-hydrogen) atoms. The van der Waals surface area contributed by atoms with Gasteiger partial charge in [0.25, 0.3) is 5.91 Å². The summed E-state index contributed by atoms with van der Waals surface area (Å²) in [5.74, 6) is -0.204. The Morgan fingerprint density at radius 2 is 2.00 bits per heavy atom. The van der Waals surface area contributed by atoms with Gasteiger partial charge in [0.1, 0.15) is 5.71 Å². The average molecular weight is 350 g/mol. The number of rotatable bonds is 1. The molecular weight excluding hydrogens is 340 g/mol. The van der Waals surface area contributed by atoms with Gasteiger partial charge >= 0.3 is 0 Å². The zero-order chi connectivity index (χ0) is 14.3. The highest BCUT2D eigenvalue weighted by Gasteiger charge is 2.26. The van der Waals surface area contributed by atoms with Crippen molar-refractivity contribution in [3.63, 3.8) is 0 Å². The Hall–Kier alpha value is -1.65. The third kappa shape index (κ3) is 2.37. The van der Waals surface area contributed by atoms with Gasteiger partial charge in [0.2, 0.25) is 0 Å². The van der Waals surface area contributed by atoms with Gasteiger partial charge in [-0.15, -0.1) is 0 Å². The first-order chi connectivity index (χ1) is 9.54. The number of aliphatic imine (C=N–C) groups is 1. The minimum absolute atomic E-state index is 0.204. The standard InChI is InChI=1S/C15H10BrClN2O/c1-8-6-9(16)2-4-12(8)18-14-11-7-10(17)3-5-13(11)19-15(14)20/h2-7H,1H3,(H,18,19,20). The van der Waals surface area contributed by atoms with Crippen molar-refractivity contribution in [2.24, 2.45) is 4.99 Å². The summed E-state index contributed by atoms with van der Waals surface area (Å²) in [5, 5.41) is 3.37. The molecule has 0 spiro atoms. The van der Waals surface area contributed by atoms with Crippen LogP contribution in [0, 0.1) is 6.92 Å². The molecule has 0 radical (unpaired) electrons. The van der Waals surface area contributed by atoms with E-state index in [1.807, 2.05) is 25.1 Å². The topological polar surface area (TPSA) is 41.5 Å². The second-order valence-corrected chi connectivity index (χ2v) is 5.89. The second-order valence-electron chi connectivity index (χ2n) is 4.54. The summed E-state index contributed by atoms with van der Waals surface area (Å²) in [6, 6.07) is 11.0. The van der Waals surface area contributed by atoms with Gasteiger partial charge in [0.05, 0.1) is 11.4 Å². The number of hydrogen-bond acceptors (Lipinski definition) is 2. The first kappa shape index (κ1) is 13.3. The van der Waals surface area contributed by atoms with Gasteiger partial charge in [0.15, 0.2) is 0 Å². The lowest BCUT2D eigenvalue weighted by Gasteiger charge is -2.02. The number of nitrogens with one attached hydrogen (secondary N) is 1. The van der Waals surface area contributed by atoms with Crippen LogP contribution in [-0.2, 0) is 4.79 Å². The Morgan fingerprint density at radius 1 is 1.20 bits per heavy atom. The van der Waals surface area contributed by atoms with E-state index in [1.165, 1.54) is 0 Å². The van der Waals surface area contributed by atoms with E-state index in [9.17, 15) is 4.79 Å². The van der Waals surface area contributed by atoms with Gasteiger partial charge in [-0.25, -0.2) is 4.99 Å². The highest BCUT2D eigenvalue weighted by Crippen LogP contribution is 2.30. The van der Waals surface area contributed by atoms with Crippen molar-refractivity contribution in [3.8, 4) is 0 Å². The average Bonchev–Trinajstić information content (AvgIpc) is 2.69. The number of hydrogen-bond donors (Lipinski definition) is 1. The lowest BCUT2D eigenvalue weighted by atomic mass is 10.1. The molecule has 0 fully saturated rings. The van der Waals surface area contributed by atoms with Crippen LogP contribution in [-0.4, -0.2) is 11.6 Å². The zero-order valence-corrected chi connectivity index (χ0v) is 12.9. The van der Waals surface area contributed by atoms with Crippen molar-refractivity contribution in [1.29, 1.82) is 0 Å². The second kappa shape index (κ2) is 5.04. The van der Waals surface area contributed by atoms with Crippen LogP contribution >= 0.6 is 27.5 Å². The number of carbonyl (C=O) groups is 1. The molecule has 1 amide bonds. The quantitative estimate of drug-likeness (QED) is 0.810. The molecule has 0 unspecified atom stereocenters. The molecule has 0 aromatic heterocycles. The molecule has 1 aliphatic rings. The largest absolute Gasteiger partial charge is 0.320 e. The molecular formula is C15H10BrClN2O. The summed E-state index contributed by atoms with van der Waals surface area (Å²) in [7, 11) is 0. The van der Waals surface area contributed by atoms with Crippen LogP contribution in [0.25, 0.3) is 0 Å². The first-order valence-corrected chi connectivity index (χ1v) is 7.18. The van der Waals surface area contributed by atoms with Crippen molar-refractivity contribution in [1.82, 2.24) is 0 Å². The maximum absolute atomic E-state index is 12.0. The van der Waals surface area contributed by atoms with Crippen LogP contribution in [0.1, 0.15) is 11.1 Å². The number of aryl methyl sites for hydroxylation is 1. The van der Waals surface area contributed by atoms with Gasteiger partial charge in [-0.3, -0.25) is 4.79 Å². The van der Waals surface area contributed by atoms with E-state index in [0.29, 0.717) is 10.7 Å². The van der Waals surface area contributed by atoms with E-state index in [0.717, 1.165) is 27.0 Å². The van der Waals surface area contributed by atoms with E-state index in [-0.39, 0.29) is 5.91 Å². The van der Waals surface area contributed by atoms with Crippen LogP contribution in [0.5, 0.6) is 0 Å². The fraction of sp³-hybridized carbons (Fsp3) is 0.0667. The third-order valence-electron chi connectivity index (χ3n) is 3.09. The Bertz CT molecular complexity index is 756. The minimum atomic E-state index is -0.204. The predicted octanol–water partition coefficient (Wildman–Crippen LogP) is 4.48. The fourth-order valence-corrected chi connectivity index (χ4v) is 2.75. The van der Waals surface area contributed by atoms with Crippen molar-refractivity contribution in [2.45, 2.75) is 6.92 Å². The van der Waals surface area contributed by atoms with Gasteiger partial charge in [-0.2, -0.15) is 0 Å². The molecule has 3 rings (SSSR count). The number of fused-ring (bicyclic) bond motifs is 1. The number of benzene rings is 2. The van der Waals surface area contributed by atoms with Crippen LogP contribution < -0.4 is 5.32 Å². The Balaban J connectivity index is 2.13. The van der Waals surface area contributed by atoms with Crippen LogP contribution in [0.2, 0.25) is 5.02 Å². The van der Waals surface area contributed by atoms with Crippen LogP contribution in [0.3, 0.4) is 0 Å². The van der Waals surface area contributed by atoms with Crippen molar-refractivity contribution in [2.75, 3.05) is 5.32 Å². The lowest BCUT2D eigenvalue weighted by molar-refractivity contribution is -0.110. The predicted molar refractivity (Wildman–Crippen MR) is 85.2 cm³/mol. The summed E-state index contributed by atoms with van der Waals surface area (Å²) in [6.07, 6.45) is 0. The maximum atomic E-state index is 12.0. The number of nitrogens with zero attached hydrogens (tertiary/aromatic N) is 1. The molecule has 2 aromatic carbocycles. The van der Waals surface area contributed by atoms with Gasteiger partial charge < -0.3 is 5.32 Å². The number of halogens is 2. The van der Waals surface area contributed by atoms with E-state index < -0.39 is 0 Å². The number of carbonyl (C=O) groups excluding carboxylic acids is 1. The van der Waals surface area contributed by atoms with Crippen LogP contribution in [0.15, 0.2) is 45.9 Å². The Morgan fingerprint density at radius 3 is 2.75 bits per heavy atom. The molecule has 5 heteroatoms. The molecule has 1 aliphatic heterocycles. The summed E-state index contributed by atoms with van der Waals surface area (Å²) < 4.78 is 0.985. The molecule has 0 saturated carbocycles. The fourth-order valence-electron chi connectivity index (χ4n) is 2.10. The molecule has 2 aromatic rings. The summed E-state index contributed by atoms with van der Waals surface area (Å²) in [6.45, 7) is 1.95. The number of amides is 1. The first-order valence-electron chi connectivity index (χ1n) is 6.01. The van der Waals surface area contributed by atoms with E-state index in [4.69, 9.17) is 11.6 Å². The van der Waals surface area contributed by atoms with Crippen molar-refractivity contribution in [3.05, 3.63) is 57.0 Å². The highest BCUT2D eigenvalue weighted by atomic mass is 79.9. The Labute approximate surface area is 129 Å². The summed E-state index contributed by atoms with van der Waals surface area (Å²) in [4.78, 5) is 16.5. The third-order valence-corrected chi connectivity index (χ3v) is 3.82. The molecule has 0 aliphatic carbocycles.